The Morgan fingerprint density at radius 3 is 2.27 bits per heavy atom. The van der Waals surface area contributed by atoms with E-state index in [4.69, 9.17) is 11.6 Å². The van der Waals surface area contributed by atoms with Crippen molar-refractivity contribution < 1.29 is 0 Å². The molecule has 0 heterocycles. The molecular weight excluding hydrogens is 158 g/mol. The van der Waals surface area contributed by atoms with Crippen molar-refractivity contribution in [2.75, 3.05) is 0 Å². The van der Waals surface area contributed by atoms with Gasteiger partial charge in [0.15, 0.2) is 0 Å². The van der Waals surface area contributed by atoms with Gasteiger partial charge < -0.3 is 11.6 Å². The van der Waals surface area contributed by atoms with E-state index in [0.29, 0.717) is 5.84 Å². The molecule has 1 rings (SSSR count). The van der Waals surface area contributed by atoms with Crippen molar-refractivity contribution in [3.63, 3.8) is 0 Å². The predicted molar refractivity (Wildman–Crippen MR) is 48.6 cm³/mol. The monoisotopic (exact) mass is 167 g/mol. The lowest BCUT2D eigenvalue weighted by molar-refractivity contribution is 1.23. The van der Waals surface area contributed by atoms with Gasteiger partial charge in [0, 0.05) is 10.5 Å². The van der Waals surface area contributed by atoms with Crippen LogP contribution in [-0.4, -0.2) is 5.84 Å². The minimum Gasteiger partial charge on any atom is -0.382 e. The Kier molecular flexibility index (Phi) is 2.38. The second-order valence-corrected chi connectivity index (χ2v) is 2.58. The van der Waals surface area contributed by atoms with Crippen molar-refractivity contribution in [2.24, 2.45) is 16.7 Å². The van der Waals surface area contributed by atoms with Crippen LogP contribution in [0.3, 0.4) is 0 Å². The van der Waals surface area contributed by atoms with Gasteiger partial charge in [-0.3, -0.25) is 0 Å². The first kappa shape index (κ1) is 7.94. The molecule has 0 saturated heterocycles. The molecule has 11 heavy (non-hydrogen) atoms. The lowest BCUT2D eigenvalue weighted by Gasteiger charge is -1.97. The highest BCUT2D eigenvalue weighted by atomic mass is 32.1. The maximum Gasteiger partial charge on any atom is 0.150 e. The van der Waals surface area contributed by atoms with Gasteiger partial charge in [0.05, 0.1) is 0 Å². The smallest absolute Gasteiger partial charge is 0.150 e. The second kappa shape index (κ2) is 3.30. The first-order valence-corrected chi connectivity index (χ1v) is 3.51. The molecule has 0 aliphatic carbocycles. The van der Waals surface area contributed by atoms with E-state index in [1.807, 2.05) is 24.3 Å². The van der Waals surface area contributed by atoms with E-state index in [1.54, 1.807) is 0 Å². The molecule has 0 amide bonds. The summed E-state index contributed by atoms with van der Waals surface area (Å²) in [7, 11) is 0. The maximum absolute atomic E-state index is 5.44. The van der Waals surface area contributed by atoms with Crippen molar-refractivity contribution in [2.45, 2.75) is 4.90 Å². The molecule has 0 atom stereocenters. The normalized spacial score (nSPS) is 11.5. The lowest BCUT2D eigenvalue weighted by atomic mass is 10.2. The van der Waals surface area contributed by atoms with E-state index in [0.717, 1.165) is 10.5 Å². The quantitative estimate of drug-likeness (QED) is 0.188. The van der Waals surface area contributed by atoms with Gasteiger partial charge in [-0.1, -0.05) is 12.1 Å². The van der Waals surface area contributed by atoms with Crippen molar-refractivity contribution in [3.8, 4) is 0 Å². The third kappa shape index (κ3) is 1.88. The van der Waals surface area contributed by atoms with Crippen molar-refractivity contribution in [1.29, 1.82) is 0 Å². The molecule has 0 fully saturated rings. The summed E-state index contributed by atoms with van der Waals surface area (Å²) < 4.78 is 0. The molecule has 1 aromatic rings. The Morgan fingerprint density at radius 2 is 1.82 bits per heavy atom. The van der Waals surface area contributed by atoms with Crippen molar-refractivity contribution in [3.05, 3.63) is 29.8 Å². The first-order valence-electron chi connectivity index (χ1n) is 3.07. The molecule has 0 aliphatic rings. The van der Waals surface area contributed by atoms with E-state index < -0.39 is 0 Å². The van der Waals surface area contributed by atoms with Crippen LogP contribution < -0.4 is 11.6 Å². The standard InChI is InChI=1S/C7H9N3S/c8-7(10-9)5-1-3-6(11)4-2-5/h1-4,11H,9H2,(H2,8,10). The van der Waals surface area contributed by atoms with E-state index >= 15 is 0 Å². The fraction of sp³-hybridized carbons (Fsp3) is 0. The number of hydrogen-bond donors (Lipinski definition) is 3. The van der Waals surface area contributed by atoms with Crippen LogP contribution in [-0.2, 0) is 0 Å². The van der Waals surface area contributed by atoms with E-state index in [9.17, 15) is 0 Å². The maximum atomic E-state index is 5.44. The summed E-state index contributed by atoms with van der Waals surface area (Å²) >= 11 is 4.12. The molecule has 58 valence electrons. The number of hydrogen-bond acceptors (Lipinski definition) is 3. The average Bonchev–Trinajstić information content (AvgIpc) is 2.05. The molecular formula is C7H9N3S. The molecule has 0 aliphatic heterocycles. The fourth-order valence-electron chi connectivity index (χ4n) is 0.707. The first-order chi connectivity index (χ1) is 5.24. The molecule has 0 spiro atoms. The van der Waals surface area contributed by atoms with Gasteiger partial charge >= 0.3 is 0 Å². The third-order valence-corrected chi connectivity index (χ3v) is 1.60. The Hall–Kier alpha value is -1.16. The summed E-state index contributed by atoms with van der Waals surface area (Å²) in [5.74, 6) is 5.32. The van der Waals surface area contributed by atoms with Crippen LogP contribution in [0.2, 0.25) is 0 Å². The van der Waals surface area contributed by atoms with Gasteiger partial charge in [0.25, 0.3) is 0 Å². The zero-order valence-corrected chi connectivity index (χ0v) is 6.75. The SMILES string of the molecule is NN=C(N)c1ccc(S)cc1. The summed E-state index contributed by atoms with van der Waals surface area (Å²) in [6, 6.07) is 7.29. The highest BCUT2D eigenvalue weighted by Gasteiger charge is 1.95. The lowest BCUT2D eigenvalue weighted by Crippen LogP contribution is -2.15. The van der Waals surface area contributed by atoms with Gasteiger partial charge in [-0.2, -0.15) is 5.10 Å². The zero-order valence-electron chi connectivity index (χ0n) is 5.86. The Morgan fingerprint density at radius 1 is 1.27 bits per heavy atom. The number of rotatable bonds is 1. The Labute approximate surface area is 70.5 Å². The summed E-state index contributed by atoms with van der Waals surface area (Å²) in [6.07, 6.45) is 0. The Bertz CT molecular complexity index is 266. The summed E-state index contributed by atoms with van der Waals surface area (Å²) in [5.41, 5.74) is 6.25. The van der Waals surface area contributed by atoms with Gasteiger partial charge in [0.1, 0.15) is 5.84 Å². The van der Waals surface area contributed by atoms with E-state index in [-0.39, 0.29) is 0 Å². The van der Waals surface area contributed by atoms with Gasteiger partial charge in [-0.25, -0.2) is 0 Å². The average molecular weight is 167 g/mol. The minimum atomic E-state index is 0.332. The number of nitrogens with two attached hydrogens (primary N) is 2. The third-order valence-electron chi connectivity index (χ3n) is 1.30. The summed E-state index contributed by atoms with van der Waals surface area (Å²) in [5, 5.41) is 3.36. The van der Waals surface area contributed by atoms with Crippen molar-refractivity contribution in [1.82, 2.24) is 0 Å². The number of nitrogens with zero attached hydrogens (tertiary/aromatic N) is 1. The van der Waals surface area contributed by atoms with Crippen LogP contribution in [0.25, 0.3) is 0 Å². The number of thiol groups is 1. The molecule has 0 aromatic heterocycles. The van der Waals surface area contributed by atoms with E-state index in [1.165, 1.54) is 0 Å². The number of hydrazone groups is 1. The number of benzene rings is 1. The zero-order chi connectivity index (χ0) is 8.27. The van der Waals surface area contributed by atoms with Gasteiger partial charge in [0.2, 0.25) is 0 Å². The van der Waals surface area contributed by atoms with Crippen LogP contribution >= 0.6 is 12.6 Å². The molecule has 0 radical (unpaired) electrons. The molecule has 4 N–H and O–H groups in total. The van der Waals surface area contributed by atoms with Crippen LogP contribution in [0, 0.1) is 0 Å². The van der Waals surface area contributed by atoms with Gasteiger partial charge in [-0.05, 0) is 12.1 Å². The van der Waals surface area contributed by atoms with Crippen LogP contribution in [0.4, 0.5) is 0 Å². The molecule has 1 aromatic carbocycles. The molecule has 0 saturated carbocycles. The van der Waals surface area contributed by atoms with Crippen LogP contribution in [0.1, 0.15) is 5.56 Å². The van der Waals surface area contributed by atoms with Gasteiger partial charge in [-0.15, -0.1) is 12.6 Å². The fourth-order valence-corrected chi connectivity index (χ4v) is 0.856. The topological polar surface area (TPSA) is 64.4 Å². The predicted octanol–water partition coefficient (Wildman–Crippen LogP) is 0.554. The minimum absolute atomic E-state index is 0.332. The molecule has 0 unspecified atom stereocenters. The second-order valence-electron chi connectivity index (χ2n) is 2.06. The van der Waals surface area contributed by atoms with Crippen molar-refractivity contribution >= 4 is 18.5 Å². The highest BCUT2D eigenvalue weighted by Crippen LogP contribution is 2.06. The van der Waals surface area contributed by atoms with E-state index in [2.05, 4.69) is 17.7 Å². The highest BCUT2D eigenvalue weighted by molar-refractivity contribution is 7.80. The van der Waals surface area contributed by atoms with Crippen LogP contribution in [0.15, 0.2) is 34.3 Å². The molecule has 0 bridgehead atoms. The largest absolute Gasteiger partial charge is 0.382 e. The number of amidine groups is 1. The Balaban J connectivity index is 2.99. The van der Waals surface area contributed by atoms with Crippen LogP contribution in [0.5, 0.6) is 0 Å². The molecule has 3 nitrogen and oxygen atoms in total. The summed E-state index contributed by atoms with van der Waals surface area (Å²) in [6.45, 7) is 0. The summed E-state index contributed by atoms with van der Waals surface area (Å²) in [4.78, 5) is 0.888. The molecule has 4 heteroatoms.